The summed E-state index contributed by atoms with van der Waals surface area (Å²) in [5.41, 5.74) is 0.549. The van der Waals surface area contributed by atoms with E-state index in [0.29, 0.717) is 12.5 Å². The molecule has 1 saturated heterocycles. The molecule has 1 aromatic rings. The van der Waals surface area contributed by atoms with Crippen molar-refractivity contribution in [3.8, 4) is 0 Å². The van der Waals surface area contributed by atoms with Gasteiger partial charge in [-0.2, -0.15) is 0 Å². The fraction of sp³-hybridized carbons (Fsp3) is 0.562. The SMILES string of the molecule is C[C@@]1(C(=O)N2CCC(Nc3ccccc3)CC2)CC1(Cl)Cl. The largest absolute Gasteiger partial charge is 0.382 e. The minimum Gasteiger partial charge on any atom is -0.382 e. The number of hydrogen-bond donors (Lipinski definition) is 1. The average molecular weight is 327 g/mol. The number of carbonyl (C=O) groups excluding carboxylic acids is 1. The average Bonchev–Trinajstić information content (AvgIpc) is 3.00. The molecule has 21 heavy (non-hydrogen) atoms. The van der Waals surface area contributed by atoms with E-state index in [2.05, 4.69) is 17.4 Å². The van der Waals surface area contributed by atoms with E-state index in [0.717, 1.165) is 31.6 Å². The van der Waals surface area contributed by atoms with Crippen molar-refractivity contribution in [1.82, 2.24) is 4.90 Å². The van der Waals surface area contributed by atoms with Crippen LogP contribution >= 0.6 is 23.2 Å². The number of para-hydroxylation sites is 1. The molecule has 3 rings (SSSR count). The Kier molecular flexibility index (Phi) is 3.83. The summed E-state index contributed by atoms with van der Waals surface area (Å²) in [5.74, 6) is 0.102. The Morgan fingerprint density at radius 3 is 2.33 bits per heavy atom. The van der Waals surface area contributed by atoms with E-state index in [4.69, 9.17) is 23.2 Å². The van der Waals surface area contributed by atoms with Crippen molar-refractivity contribution in [2.45, 2.75) is 36.6 Å². The second-order valence-electron chi connectivity index (χ2n) is 6.29. The maximum Gasteiger partial charge on any atom is 0.231 e. The summed E-state index contributed by atoms with van der Waals surface area (Å²) in [5, 5.41) is 3.52. The molecule has 1 N–H and O–H groups in total. The van der Waals surface area contributed by atoms with Gasteiger partial charge < -0.3 is 10.2 Å². The Labute approximate surface area is 135 Å². The van der Waals surface area contributed by atoms with Gasteiger partial charge in [0.2, 0.25) is 5.91 Å². The molecule has 0 spiro atoms. The van der Waals surface area contributed by atoms with Gasteiger partial charge >= 0.3 is 0 Å². The molecule has 1 aromatic carbocycles. The summed E-state index contributed by atoms with van der Waals surface area (Å²) in [7, 11) is 0. The number of nitrogens with one attached hydrogen (secondary N) is 1. The van der Waals surface area contributed by atoms with Crippen LogP contribution in [0.4, 0.5) is 5.69 Å². The predicted molar refractivity (Wildman–Crippen MR) is 86.8 cm³/mol. The lowest BCUT2D eigenvalue weighted by Gasteiger charge is -2.34. The van der Waals surface area contributed by atoms with E-state index >= 15 is 0 Å². The van der Waals surface area contributed by atoms with Crippen molar-refractivity contribution in [2.75, 3.05) is 18.4 Å². The van der Waals surface area contributed by atoms with E-state index < -0.39 is 9.75 Å². The molecule has 1 amide bonds. The second-order valence-corrected chi connectivity index (χ2v) is 7.77. The zero-order valence-electron chi connectivity index (χ0n) is 12.1. The van der Waals surface area contributed by atoms with Crippen molar-refractivity contribution in [2.24, 2.45) is 5.41 Å². The lowest BCUT2D eigenvalue weighted by atomic mass is 10.0. The van der Waals surface area contributed by atoms with Crippen LogP contribution in [0.25, 0.3) is 0 Å². The topological polar surface area (TPSA) is 32.3 Å². The molecule has 2 aliphatic rings. The van der Waals surface area contributed by atoms with Crippen molar-refractivity contribution in [3.05, 3.63) is 30.3 Å². The third-order valence-corrected chi connectivity index (χ3v) is 5.76. The van der Waals surface area contributed by atoms with E-state index in [1.54, 1.807) is 0 Å². The smallest absolute Gasteiger partial charge is 0.231 e. The van der Waals surface area contributed by atoms with Crippen LogP contribution in [-0.4, -0.2) is 34.3 Å². The first kappa shape index (κ1) is 15.0. The Bertz CT molecular complexity index is 526. The van der Waals surface area contributed by atoms with E-state index in [1.165, 1.54) is 0 Å². The number of amides is 1. The Hall–Kier alpha value is -0.930. The number of hydrogen-bond acceptors (Lipinski definition) is 2. The maximum absolute atomic E-state index is 12.5. The zero-order valence-corrected chi connectivity index (χ0v) is 13.6. The number of anilines is 1. The van der Waals surface area contributed by atoms with Gasteiger partial charge in [0, 0.05) is 24.8 Å². The highest BCUT2D eigenvalue weighted by Gasteiger charge is 2.68. The van der Waals surface area contributed by atoms with E-state index in [-0.39, 0.29) is 5.91 Å². The molecule has 1 aliphatic carbocycles. The number of alkyl halides is 2. The van der Waals surface area contributed by atoms with Gasteiger partial charge in [-0.05, 0) is 38.3 Å². The summed E-state index contributed by atoms with van der Waals surface area (Å²) < 4.78 is -0.872. The molecule has 1 saturated carbocycles. The number of carbonyl (C=O) groups is 1. The van der Waals surface area contributed by atoms with Crippen molar-refractivity contribution >= 4 is 34.8 Å². The quantitative estimate of drug-likeness (QED) is 0.859. The standard InChI is InChI=1S/C16H20Cl2N2O/c1-15(11-16(15,17)18)14(21)20-9-7-13(8-10-20)19-12-5-3-2-4-6-12/h2-6,13,19H,7-11H2,1H3/t15-/m0/s1. The molecule has 1 aliphatic heterocycles. The fourth-order valence-corrected chi connectivity index (χ4v) is 3.67. The molecule has 2 fully saturated rings. The highest BCUT2D eigenvalue weighted by atomic mass is 35.5. The van der Waals surface area contributed by atoms with Crippen LogP contribution in [0.5, 0.6) is 0 Å². The summed E-state index contributed by atoms with van der Waals surface area (Å²) >= 11 is 12.2. The minimum atomic E-state index is -0.872. The Balaban J connectivity index is 1.53. The molecular weight excluding hydrogens is 307 g/mol. The normalized spacial score (nSPS) is 28.2. The molecule has 0 unspecified atom stereocenters. The van der Waals surface area contributed by atoms with E-state index in [9.17, 15) is 4.79 Å². The van der Waals surface area contributed by atoms with Crippen LogP contribution in [0.2, 0.25) is 0 Å². The summed E-state index contributed by atoms with van der Waals surface area (Å²) in [4.78, 5) is 14.4. The molecular formula is C16H20Cl2N2O. The molecule has 1 atom stereocenters. The number of rotatable bonds is 3. The molecule has 114 valence electrons. The number of likely N-dealkylation sites (tertiary alicyclic amines) is 1. The molecule has 3 nitrogen and oxygen atoms in total. The van der Waals surface area contributed by atoms with Crippen LogP contribution in [0.1, 0.15) is 26.2 Å². The number of nitrogens with zero attached hydrogens (tertiary/aromatic N) is 1. The van der Waals surface area contributed by atoms with Crippen molar-refractivity contribution in [3.63, 3.8) is 0 Å². The first-order chi connectivity index (χ1) is 9.92. The maximum atomic E-state index is 12.5. The van der Waals surface area contributed by atoms with Gasteiger partial charge in [-0.25, -0.2) is 0 Å². The fourth-order valence-electron chi connectivity index (χ4n) is 2.98. The van der Waals surface area contributed by atoms with Crippen LogP contribution in [0, 0.1) is 5.41 Å². The molecule has 0 radical (unpaired) electrons. The number of halogens is 2. The third kappa shape index (κ3) is 2.86. The van der Waals surface area contributed by atoms with Crippen LogP contribution in [0.15, 0.2) is 30.3 Å². The van der Waals surface area contributed by atoms with Gasteiger partial charge in [0.05, 0.1) is 5.41 Å². The van der Waals surface area contributed by atoms with Gasteiger partial charge in [-0.3, -0.25) is 4.79 Å². The summed E-state index contributed by atoms with van der Waals surface area (Å²) in [6.07, 6.45) is 2.46. The lowest BCUT2D eigenvalue weighted by Crippen LogP contribution is -2.45. The first-order valence-electron chi connectivity index (χ1n) is 7.41. The summed E-state index contributed by atoms with van der Waals surface area (Å²) in [6, 6.07) is 10.6. The van der Waals surface area contributed by atoms with Crippen LogP contribution in [0.3, 0.4) is 0 Å². The minimum absolute atomic E-state index is 0.102. The van der Waals surface area contributed by atoms with Gasteiger partial charge in [0.1, 0.15) is 4.33 Å². The van der Waals surface area contributed by atoms with Gasteiger partial charge in [0.25, 0.3) is 0 Å². The van der Waals surface area contributed by atoms with Crippen LogP contribution in [-0.2, 0) is 4.79 Å². The van der Waals surface area contributed by atoms with Gasteiger partial charge in [0.15, 0.2) is 0 Å². The van der Waals surface area contributed by atoms with Crippen LogP contribution < -0.4 is 5.32 Å². The molecule has 0 bridgehead atoms. The second kappa shape index (κ2) is 5.36. The van der Waals surface area contributed by atoms with E-state index in [1.807, 2.05) is 30.0 Å². The number of benzene rings is 1. The summed E-state index contributed by atoms with van der Waals surface area (Å²) in [6.45, 7) is 3.40. The third-order valence-electron chi connectivity index (χ3n) is 4.66. The monoisotopic (exact) mass is 326 g/mol. The highest BCUT2D eigenvalue weighted by Crippen LogP contribution is 2.64. The number of piperidine rings is 1. The highest BCUT2D eigenvalue weighted by molar-refractivity contribution is 6.53. The van der Waals surface area contributed by atoms with Crippen molar-refractivity contribution < 1.29 is 4.79 Å². The first-order valence-corrected chi connectivity index (χ1v) is 8.17. The predicted octanol–water partition coefficient (Wildman–Crippen LogP) is 3.67. The Morgan fingerprint density at radius 2 is 1.81 bits per heavy atom. The van der Waals surface area contributed by atoms with Gasteiger partial charge in [-0.15, -0.1) is 23.2 Å². The molecule has 5 heteroatoms. The van der Waals surface area contributed by atoms with Gasteiger partial charge in [-0.1, -0.05) is 18.2 Å². The lowest BCUT2D eigenvalue weighted by molar-refractivity contribution is -0.137. The molecule has 0 aromatic heterocycles. The Morgan fingerprint density at radius 1 is 1.24 bits per heavy atom. The van der Waals surface area contributed by atoms with Crippen molar-refractivity contribution in [1.29, 1.82) is 0 Å². The zero-order chi connectivity index (χ0) is 15.1. The molecule has 1 heterocycles.